The fourth-order valence-electron chi connectivity index (χ4n) is 3.35. The Kier molecular flexibility index (Phi) is 5.90. The Hall–Kier alpha value is -3.86. The normalized spacial score (nSPS) is 10.7. The number of carbonyl (C=O) groups is 1. The lowest BCUT2D eigenvalue weighted by molar-refractivity contribution is 0.0951. The van der Waals surface area contributed by atoms with Crippen LogP contribution in [0.5, 0.6) is 5.75 Å². The molecule has 3 aromatic carbocycles. The lowest BCUT2D eigenvalue weighted by atomic mass is 10.1. The molecule has 30 heavy (non-hydrogen) atoms. The predicted molar refractivity (Wildman–Crippen MR) is 119 cm³/mol. The van der Waals surface area contributed by atoms with E-state index in [9.17, 15) is 9.59 Å². The van der Waals surface area contributed by atoms with E-state index in [1.54, 1.807) is 18.2 Å². The molecule has 4 rings (SSSR count). The number of benzene rings is 3. The summed E-state index contributed by atoms with van der Waals surface area (Å²) >= 11 is 0. The molecule has 0 spiro atoms. The van der Waals surface area contributed by atoms with Crippen LogP contribution < -0.4 is 15.6 Å². The Morgan fingerprint density at radius 1 is 0.833 bits per heavy atom. The zero-order valence-electron chi connectivity index (χ0n) is 16.4. The first kappa shape index (κ1) is 19.5. The van der Waals surface area contributed by atoms with Crippen molar-refractivity contribution < 1.29 is 9.53 Å². The van der Waals surface area contributed by atoms with Gasteiger partial charge in [0, 0.05) is 23.1 Å². The van der Waals surface area contributed by atoms with Gasteiger partial charge in [-0.05, 0) is 24.6 Å². The molecule has 150 valence electrons. The number of rotatable bonds is 7. The summed E-state index contributed by atoms with van der Waals surface area (Å²) in [7, 11) is 0. The number of amides is 1. The summed E-state index contributed by atoms with van der Waals surface area (Å²) in [4.78, 5) is 27.7. The molecule has 0 bridgehead atoms. The van der Waals surface area contributed by atoms with Gasteiger partial charge in [0.15, 0.2) is 5.75 Å². The van der Waals surface area contributed by atoms with Crippen molar-refractivity contribution in [3.8, 4) is 17.0 Å². The van der Waals surface area contributed by atoms with Crippen molar-refractivity contribution in [1.82, 2.24) is 10.3 Å². The fourth-order valence-corrected chi connectivity index (χ4v) is 3.35. The highest BCUT2D eigenvalue weighted by molar-refractivity contribution is 5.94. The van der Waals surface area contributed by atoms with Crippen molar-refractivity contribution >= 4 is 16.7 Å². The van der Waals surface area contributed by atoms with Crippen molar-refractivity contribution in [2.75, 3.05) is 13.2 Å². The van der Waals surface area contributed by atoms with E-state index in [2.05, 4.69) is 10.3 Å². The van der Waals surface area contributed by atoms with Gasteiger partial charge in [0.2, 0.25) is 0 Å². The Morgan fingerprint density at radius 2 is 1.47 bits per heavy atom. The van der Waals surface area contributed by atoms with Crippen LogP contribution in [0.1, 0.15) is 16.8 Å². The highest BCUT2D eigenvalue weighted by Gasteiger charge is 2.14. The molecule has 1 aromatic heterocycles. The number of aromatic nitrogens is 1. The average Bonchev–Trinajstić information content (AvgIpc) is 2.81. The molecule has 5 heteroatoms. The van der Waals surface area contributed by atoms with Crippen LogP contribution in [-0.2, 0) is 0 Å². The van der Waals surface area contributed by atoms with E-state index >= 15 is 0 Å². The van der Waals surface area contributed by atoms with Gasteiger partial charge in [0.05, 0.1) is 17.7 Å². The van der Waals surface area contributed by atoms with Crippen LogP contribution in [0, 0.1) is 0 Å². The van der Waals surface area contributed by atoms with Crippen LogP contribution in [0.25, 0.3) is 22.0 Å². The first-order chi connectivity index (χ1) is 14.7. The minimum atomic E-state index is -0.146. The molecular weight excluding hydrogens is 376 g/mol. The number of fused-ring (bicyclic) bond motifs is 1. The smallest absolute Gasteiger partial charge is 0.256 e. The van der Waals surface area contributed by atoms with Gasteiger partial charge in [-0.2, -0.15) is 0 Å². The molecule has 0 saturated carbocycles. The van der Waals surface area contributed by atoms with Crippen LogP contribution in [0.15, 0.2) is 89.7 Å². The molecule has 0 radical (unpaired) electrons. The molecule has 2 N–H and O–H groups in total. The summed E-state index contributed by atoms with van der Waals surface area (Å²) in [6.45, 7) is 0.903. The largest absolute Gasteiger partial charge is 0.491 e. The van der Waals surface area contributed by atoms with E-state index < -0.39 is 0 Å². The zero-order valence-corrected chi connectivity index (χ0v) is 16.4. The number of carbonyl (C=O) groups excluding carboxylic acids is 1. The topological polar surface area (TPSA) is 71.2 Å². The van der Waals surface area contributed by atoms with Gasteiger partial charge in [0.1, 0.15) is 0 Å². The summed E-state index contributed by atoms with van der Waals surface area (Å²) in [5, 5.41) is 4.26. The molecule has 0 saturated heterocycles. The lowest BCUT2D eigenvalue weighted by Crippen LogP contribution is -2.25. The van der Waals surface area contributed by atoms with E-state index in [0.29, 0.717) is 42.0 Å². The summed E-state index contributed by atoms with van der Waals surface area (Å²) in [5.41, 5.74) is 2.03. The van der Waals surface area contributed by atoms with E-state index in [4.69, 9.17) is 4.74 Å². The van der Waals surface area contributed by atoms with Crippen LogP contribution >= 0.6 is 0 Å². The Morgan fingerprint density at radius 3 is 2.20 bits per heavy atom. The number of hydrogen-bond donors (Lipinski definition) is 2. The molecule has 5 nitrogen and oxygen atoms in total. The van der Waals surface area contributed by atoms with Gasteiger partial charge >= 0.3 is 0 Å². The third-order valence-electron chi connectivity index (χ3n) is 4.83. The number of aromatic amines is 1. The van der Waals surface area contributed by atoms with E-state index in [1.807, 2.05) is 66.7 Å². The third kappa shape index (κ3) is 4.25. The van der Waals surface area contributed by atoms with Crippen molar-refractivity contribution in [1.29, 1.82) is 0 Å². The Bertz CT molecular complexity index is 1200. The lowest BCUT2D eigenvalue weighted by Gasteiger charge is -2.14. The summed E-state index contributed by atoms with van der Waals surface area (Å²) < 4.78 is 6.13. The van der Waals surface area contributed by atoms with Crippen molar-refractivity contribution in [3.63, 3.8) is 0 Å². The van der Waals surface area contributed by atoms with Gasteiger partial charge < -0.3 is 15.0 Å². The van der Waals surface area contributed by atoms with Crippen LogP contribution in [0.2, 0.25) is 0 Å². The standard InChI is InChI=1S/C25H22N2O3/c28-24(19-12-5-2-6-13-19)26-16-9-17-30-23-20-14-7-8-15-21(20)25(29)27-22(23)18-10-3-1-4-11-18/h1-8,10-15H,9,16-17H2,(H,26,28)(H,27,29). The third-order valence-corrected chi connectivity index (χ3v) is 4.83. The van der Waals surface area contributed by atoms with Crippen LogP contribution in [0.3, 0.4) is 0 Å². The maximum Gasteiger partial charge on any atom is 0.256 e. The van der Waals surface area contributed by atoms with Gasteiger partial charge in [-0.3, -0.25) is 9.59 Å². The van der Waals surface area contributed by atoms with Crippen LogP contribution in [0.4, 0.5) is 0 Å². The second-order valence-electron chi connectivity index (χ2n) is 6.89. The molecule has 0 aliphatic heterocycles. The minimum absolute atomic E-state index is 0.102. The average molecular weight is 398 g/mol. The first-order valence-electron chi connectivity index (χ1n) is 9.90. The molecule has 1 amide bonds. The maximum absolute atomic E-state index is 12.6. The van der Waals surface area contributed by atoms with Gasteiger partial charge in [0.25, 0.3) is 11.5 Å². The maximum atomic E-state index is 12.6. The second-order valence-corrected chi connectivity index (χ2v) is 6.89. The number of ether oxygens (including phenoxy) is 1. The monoisotopic (exact) mass is 398 g/mol. The van der Waals surface area contributed by atoms with Crippen molar-refractivity contribution in [2.45, 2.75) is 6.42 Å². The quantitative estimate of drug-likeness (QED) is 0.454. The number of pyridine rings is 1. The summed E-state index contributed by atoms with van der Waals surface area (Å²) in [5.74, 6) is 0.542. The Balaban J connectivity index is 1.50. The molecule has 0 aliphatic rings. The molecule has 0 atom stereocenters. The van der Waals surface area contributed by atoms with E-state index in [1.165, 1.54) is 0 Å². The van der Waals surface area contributed by atoms with Crippen LogP contribution in [-0.4, -0.2) is 24.0 Å². The molecule has 0 unspecified atom stereocenters. The fraction of sp³-hybridized carbons (Fsp3) is 0.120. The van der Waals surface area contributed by atoms with Crippen molar-refractivity contribution in [2.24, 2.45) is 0 Å². The predicted octanol–water partition coefficient (Wildman–Crippen LogP) is 4.39. The summed E-state index contributed by atoms with van der Waals surface area (Å²) in [6.07, 6.45) is 0.639. The zero-order chi connectivity index (χ0) is 20.8. The van der Waals surface area contributed by atoms with Gasteiger partial charge in [-0.1, -0.05) is 66.7 Å². The minimum Gasteiger partial charge on any atom is -0.491 e. The molecule has 4 aromatic rings. The number of nitrogens with one attached hydrogen (secondary N) is 2. The van der Waals surface area contributed by atoms with Gasteiger partial charge in [-0.15, -0.1) is 0 Å². The Labute approximate surface area is 174 Å². The van der Waals surface area contributed by atoms with Crippen molar-refractivity contribution in [3.05, 3.63) is 101 Å². The number of H-pyrrole nitrogens is 1. The van der Waals surface area contributed by atoms with E-state index in [-0.39, 0.29) is 11.5 Å². The molecule has 0 aliphatic carbocycles. The first-order valence-corrected chi connectivity index (χ1v) is 9.90. The van der Waals surface area contributed by atoms with E-state index in [0.717, 1.165) is 10.9 Å². The molecule has 1 heterocycles. The highest BCUT2D eigenvalue weighted by Crippen LogP contribution is 2.33. The second kappa shape index (κ2) is 9.09. The molecule has 0 fully saturated rings. The van der Waals surface area contributed by atoms with Gasteiger partial charge in [-0.25, -0.2) is 0 Å². The highest BCUT2D eigenvalue weighted by atomic mass is 16.5. The SMILES string of the molecule is O=C(NCCCOc1c(-c2ccccc2)[nH]c(=O)c2ccccc12)c1ccccc1. The molecular formula is C25H22N2O3. The number of hydrogen-bond acceptors (Lipinski definition) is 3. The summed E-state index contributed by atoms with van der Waals surface area (Å²) in [6, 6.07) is 26.2.